The third-order valence-electron chi connectivity index (χ3n) is 3.50. The van der Waals surface area contributed by atoms with Crippen LogP contribution in [0, 0.1) is 5.82 Å². The van der Waals surface area contributed by atoms with Crippen LogP contribution in [0.3, 0.4) is 0 Å². The second kappa shape index (κ2) is 8.48. The average Bonchev–Trinajstić information content (AvgIpc) is 3.10. The SMILES string of the molecule is COc1ccc(Cc2nc(SCC(=O)Nc3ccc(F)cc3)n[nH]2)cc1. The molecule has 3 aromatic rings. The Hall–Kier alpha value is -2.87. The highest BCUT2D eigenvalue weighted by atomic mass is 32.2. The maximum atomic E-state index is 12.8. The second-order valence-corrected chi connectivity index (χ2v) is 6.38. The van der Waals surface area contributed by atoms with Crippen LogP contribution in [0.2, 0.25) is 0 Å². The largest absolute Gasteiger partial charge is 0.497 e. The third-order valence-corrected chi connectivity index (χ3v) is 4.35. The van der Waals surface area contributed by atoms with E-state index in [-0.39, 0.29) is 17.5 Å². The van der Waals surface area contributed by atoms with Crippen molar-refractivity contribution in [2.75, 3.05) is 18.2 Å². The molecule has 26 heavy (non-hydrogen) atoms. The van der Waals surface area contributed by atoms with E-state index < -0.39 is 0 Å². The molecule has 6 nitrogen and oxygen atoms in total. The van der Waals surface area contributed by atoms with E-state index in [1.165, 1.54) is 36.0 Å². The van der Waals surface area contributed by atoms with Crippen molar-refractivity contribution in [3.05, 3.63) is 65.7 Å². The molecule has 0 aliphatic rings. The number of thioether (sulfide) groups is 1. The molecular weight excluding hydrogens is 355 g/mol. The van der Waals surface area contributed by atoms with Gasteiger partial charge in [0.05, 0.1) is 12.9 Å². The van der Waals surface area contributed by atoms with Crippen LogP contribution in [0.4, 0.5) is 10.1 Å². The summed E-state index contributed by atoms with van der Waals surface area (Å²) in [7, 11) is 1.63. The summed E-state index contributed by atoms with van der Waals surface area (Å²) >= 11 is 1.23. The van der Waals surface area contributed by atoms with Gasteiger partial charge in [0.1, 0.15) is 17.4 Å². The molecule has 0 radical (unpaired) electrons. The van der Waals surface area contributed by atoms with Crippen LogP contribution in [0.25, 0.3) is 0 Å². The Bertz CT molecular complexity index is 866. The van der Waals surface area contributed by atoms with Gasteiger partial charge in [0.15, 0.2) is 0 Å². The molecule has 0 spiro atoms. The van der Waals surface area contributed by atoms with Crippen molar-refractivity contribution in [2.45, 2.75) is 11.6 Å². The monoisotopic (exact) mass is 372 g/mol. The summed E-state index contributed by atoms with van der Waals surface area (Å²) < 4.78 is 18.0. The van der Waals surface area contributed by atoms with Gasteiger partial charge in [-0.3, -0.25) is 9.89 Å². The first kappa shape index (κ1) is 17.9. The highest BCUT2D eigenvalue weighted by molar-refractivity contribution is 7.99. The summed E-state index contributed by atoms with van der Waals surface area (Å²) in [6.07, 6.45) is 0.610. The fourth-order valence-corrected chi connectivity index (χ4v) is 2.84. The summed E-state index contributed by atoms with van der Waals surface area (Å²) in [6.45, 7) is 0. The minimum absolute atomic E-state index is 0.164. The number of halogens is 1. The number of amides is 1. The molecule has 8 heteroatoms. The molecule has 1 aromatic heterocycles. The molecule has 1 heterocycles. The number of ether oxygens (including phenoxy) is 1. The summed E-state index contributed by atoms with van der Waals surface area (Å²) in [6, 6.07) is 13.3. The number of aromatic nitrogens is 3. The van der Waals surface area contributed by atoms with Crippen molar-refractivity contribution < 1.29 is 13.9 Å². The van der Waals surface area contributed by atoms with Crippen LogP contribution in [0.5, 0.6) is 5.75 Å². The molecule has 2 N–H and O–H groups in total. The Balaban J connectivity index is 1.49. The average molecular weight is 372 g/mol. The van der Waals surface area contributed by atoms with E-state index in [4.69, 9.17) is 4.74 Å². The first-order valence-electron chi connectivity index (χ1n) is 7.85. The highest BCUT2D eigenvalue weighted by Crippen LogP contribution is 2.17. The van der Waals surface area contributed by atoms with E-state index >= 15 is 0 Å². The van der Waals surface area contributed by atoms with Gasteiger partial charge < -0.3 is 10.1 Å². The summed E-state index contributed by atoms with van der Waals surface area (Å²) in [4.78, 5) is 16.3. The molecule has 2 aromatic carbocycles. The quantitative estimate of drug-likeness (QED) is 0.622. The van der Waals surface area contributed by atoms with Gasteiger partial charge in [0, 0.05) is 12.1 Å². The van der Waals surface area contributed by atoms with E-state index in [1.54, 1.807) is 7.11 Å². The number of aromatic amines is 1. The molecule has 0 fully saturated rings. The molecular formula is C18H17FN4O2S. The molecule has 0 bridgehead atoms. The van der Waals surface area contributed by atoms with Crippen LogP contribution in [-0.2, 0) is 11.2 Å². The predicted octanol–water partition coefficient (Wildman–Crippen LogP) is 3.27. The molecule has 0 aliphatic heterocycles. The van der Waals surface area contributed by atoms with Gasteiger partial charge >= 0.3 is 0 Å². The molecule has 0 atom stereocenters. The Kier molecular flexibility index (Phi) is 5.85. The van der Waals surface area contributed by atoms with Gasteiger partial charge in [-0.25, -0.2) is 9.37 Å². The number of nitrogens with zero attached hydrogens (tertiary/aromatic N) is 2. The summed E-state index contributed by atoms with van der Waals surface area (Å²) in [5, 5.41) is 10.2. The lowest BCUT2D eigenvalue weighted by atomic mass is 10.1. The van der Waals surface area contributed by atoms with E-state index in [1.807, 2.05) is 24.3 Å². The number of benzene rings is 2. The van der Waals surface area contributed by atoms with Gasteiger partial charge in [-0.15, -0.1) is 5.10 Å². The first-order chi connectivity index (χ1) is 12.6. The molecule has 0 aliphatic carbocycles. The Morgan fingerprint density at radius 3 is 2.62 bits per heavy atom. The zero-order valence-corrected chi connectivity index (χ0v) is 14.8. The van der Waals surface area contributed by atoms with Crippen LogP contribution in [0.15, 0.2) is 53.7 Å². The number of anilines is 1. The fraction of sp³-hybridized carbons (Fsp3) is 0.167. The first-order valence-corrected chi connectivity index (χ1v) is 8.83. The molecule has 0 unspecified atom stereocenters. The highest BCUT2D eigenvalue weighted by Gasteiger charge is 2.09. The van der Waals surface area contributed by atoms with Gasteiger partial charge in [-0.2, -0.15) is 0 Å². The van der Waals surface area contributed by atoms with Crippen LogP contribution in [0.1, 0.15) is 11.4 Å². The molecule has 0 saturated heterocycles. The number of methoxy groups -OCH3 is 1. The van der Waals surface area contributed by atoms with Crippen LogP contribution in [-0.4, -0.2) is 34.0 Å². The fourth-order valence-electron chi connectivity index (χ4n) is 2.22. The van der Waals surface area contributed by atoms with Gasteiger partial charge in [-0.05, 0) is 42.0 Å². The normalized spacial score (nSPS) is 10.5. The van der Waals surface area contributed by atoms with Crippen molar-refractivity contribution in [2.24, 2.45) is 0 Å². The predicted molar refractivity (Wildman–Crippen MR) is 97.9 cm³/mol. The molecule has 134 valence electrons. The number of hydrogen-bond acceptors (Lipinski definition) is 5. The van der Waals surface area contributed by atoms with Crippen molar-refractivity contribution in [3.63, 3.8) is 0 Å². The van der Waals surface area contributed by atoms with E-state index in [0.29, 0.717) is 17.3 Å². The number of hydrogen-bond donors (Lipinski definition) is 2. The summed E-state index contributed by atoms with van der Waals surface area (Å²) in [5.74, 6) is 1.13. The zero-order chi connectivity index (χ0) is 18.4. The Morgan fingerprint density at radius 2 is 1.92 bits per heavy atom. The molecule has 1 amide bonds. The van der Waals surface area contributed by atoms with Crippen molar-refractivity contribution >= 4 is 23.4 Å². The molecule has 3 rings (SSSR count). The topological polar surface area (TPSA) is 79.9 Å². The Morgan fingerprint density at radius 1 is 1.19 bits per heavy atom. The maximum absolute atomic E-state index is 12.8. The number of carbonyl (C=O) groups is 1. The number of carbonyl (C=O) groups excluding carboxylic acids is 1. The smallest absolute Gasteiger partial charge is 0.234 e. The van der Waals surface area contributed by atoms with Gasteiger partial charge in [0.2, 0.25) is 11.1 Å². The van der Waals surface area contributed by atoms with E-state index in [2.05, 4.69) is 20.5 Å². The van der Waals surface area contributed by atoms with Crippen molar-refractivity contribution in [1.29, 1.82) is 0 Å². The number of nitrogens with one attached hydrogen (secondary N) is 2. The van der Waals surface area contributed by atoms with Gasteiger partial charge in [0.25, 0.3) is 0 Å². The Labute approximate surface area is 154 Å². The standard InChI is InChI=1S/C18H17FN4O2S/c1-25-15-8-2-12(3-9-15)10-16-21-18(23-22-16)26-11-17(24)20-14-6-4-13(19)5-7-14/h2-9H,10-11H2,1H3,(H,20,24)(H,21,22,23). The number of H-pyrrole nitrogens is 1. The van der Waals surface area contributed by atoms with E-state index in [0.717, 1.165) is 17.1 Å². The lowest BCUT2D eigenvalue weighted by molar-refractivity contribution is -0.113. The van der Waals surface area contributed by atoms with E-state index in [9.17, 15) is 9.18 Å². The second-order valence-electron chi connectivity index (χ2n) is 5.43. The lowest BCUT2D eigenvalue weighted by Gasteiger charge is -2.03. The van der Waals surface area contributed by atoms with Gasteiger partial charge in [-0.1, -0.05) is 23.9 Å². The van der Waals surface area contributed by atoms with Crippen molar-refractivity contribution in [3.8, 4) is 5.75 Å². The lowest BCUT2D eigenvalue weighted by Crippen LogP contribution is -2.14. The summed E-state index contributed by atoms with van der Waals surface area (Å²) in [5.41, 5.74) is 1.62. The molecule has 0 saturated carbocycles. The van der Waals surface area contributed by atoms with Crippen LogP contribution >= 0.6 is 11.8 Å². The zero-order valence-electron chi connectivity index (χ0n) is 14.0. The third kappa shape index (κ3) is 5.06. The minimum Gasteiger partial charge on any atom is -0.497 e. The minimum atomic E-state index is -0.345. The maximum Gasteiger partial charge on any atom is 0.234 e. The van der Waals surface area contributed by atoms with Crippen LogP contribution < -0.4 is 10.1 Å². The number of rotatable bonds is 7. The van der Waals surface area contributed by atoms with Crippen molar-refractivity contribution in [1.82, 2.24) is 15.2 Å².